The van der Waals surface area contributed by atoms with Crippen molar-refractivity contribution < 1.29 is 18.7 Å². The van der Waals surface area contributed by atoms with Crippen molar-refractivity contribution in [2.45, 2.75) is 20.8 Å². The van der Waals surface area contributed by atoms with E-state index in [1.807, 2.05) is 81.4 Å². The largest absolute Gasteiger partial charge is 0.497 e. The van der Waals surface area contributed by atoms with Crippen LogP contribution < -0.4 is 14.8 Å². The van der Waals surface area contributed by atoms with Crippen molar-refractivity contribution in [2.75, 3.05) is 19.0 Å². The summed E-state index contributed by atoms with van der Waals surface area (Å²) in [5.74, 6) is 1.28. The summed E-state index contributed by atoms with van der Waals surface area (Å²) in [5, 5.41) is 3.86. The Morgan fingerprint density at radius 3 is 2.45 bits per heavy atom. The van der Waals surface area contributed by atoms with Crippen LogP contribution >= 0.6 is 0 Å². The monoisotopic (exact) mass is 441 g/mol. The van der Waals surface area contributed by atoms with E-state index in [9.17, 15) is 4.79 Å². The fraction of sp³-hybridized carbons (Fsp3) is 0.179. The van der Waals surface area contributed by atoms with E-state index in [2.05, 4.69) is 5.32 Å². The van der Waals surface area contributed by atoms with E-state index in [0.29, 0.717) is 12.4 Å². The standard InChI is InChI=1S/C28H27NO4/c1-5-32-26-16-27-24(25(17-33-27)20-8-12-22(31-4)13-9-20)15-23(26)19(3)14-28(30)29-21-10-6-18(2)7-11-21/h6-17H,5H2,1-4H3,(H,29,30)/b19-14+. The molecule has 1 aromatic heterocycles. The predicted molar refractivity (Wildman–Crippen MR) is 133 cm³/mol. The van der Waals surface area contributed by atoms with Crippen molar-refractivity contribution in [2.24, 2.45) is 0 Å². The molecular formula is C28H27NO4. The van der Waals surface area contributed by atoms with Gasteiger partial charge in [-0.25, -0.2) is 0 Å². The van der Waals surface area contributed by atoms with Crippen LogP contribution in [0.3, 0.4) is 0 Å². The van der Waals surface area contributed by atoms with Crippen LogP contribution in [-0.4, -0.2) is 19.6 Å². The van der Waals surface area contributed by atoms with Crippen LogP contribution in [0.2, 0.25) is 0 Å². The molecule has 0 atom stereocenters. The molecule has 1 N–H and O–H groups in total. The number of furan rings is 1. The van der Waals surface area contributed by atoms with Crippen molar-refractivity contribution in [3.8, 4) is 22.6 Å². The lowest BCUT2D eigenvalue weighted by Crippen LogP contribution is -2.08. The van der Waals surface area contributed by atoms with Gasteiger partial charge in [0.25, 0.3) is 0 Å². The number of methoxy groups -OCH3 is 1. The first-order chi connectivity index (χ1) is 16.0. The first-order valence-corrected chi connectivity index (χ1v) is 10.9. The second-order valence-electron chi connectivity index (χ2n) is 7.84. The Balaban J connectivity index is 1.70. The number of fused-ring (bicyclic) bond motifs is 1. The maximum Gasteiger partial charge on any atom is 0.248 e. The average molecular weight is 442 g/mol. The molecule has 0 unspecified atom stereocenters. The molecule has 5 nitrogen and oxygen atoms in total. The van der Waals surface area contributed by atoms with Gasteiger partial charge in [0, 0.05) is 34.3 Å². The number of carbonyl (C=O) groups excluding carboxylic acids is 1. The summed E-state index contributed by atoms with van der Waals surface area (Å²) in [7, 11) is 1.65. The van der Waals surface area contributed by atoms with Gasteiger partial charge in [-0.05, 0) is 62.2 Å². The van der Waals surface area contributed by atoms with Gasteiger partial charge in [-0.3, -0.25) is 4.79 Å². The first-order valence-electron chi connectivity index (χ1n) is 10.9. The van der Waals surface area contributed by atoms with Crippen molar-refractivity contribution in [1.29, 1.82) is 0 Å². The van der Waals surface area contributed by atoms with Gasteiger partial charge in [0.05, 0.1) is 20.0 Å². The lowest BCUT2D eigenvalue weighted by molar-refractivity contribution is -0.111. The molecular weight excluding hydrogens is 414 g/mol. The third-order valence-corrected chi connectivity index (χ3v) is 5.47. The number of anilines is 1. The molecule has 4 aromatic rings. The highest BCUT2D eigenvalue weighted by molar-refractivity contribution is 6.05. The summed E-state index contributed by atoms with van der Waals surface area (Å²) in [4.78, 5) is 12.7. The number of hydrogen-bond acceptors (Lipinski definition) is 4. The molecule has 0 fully saturated rings. The maximum atomic E-state index is 12.7. The van der Waals surface area contributed by atoms with Crippen molar-refractivity contribution in [3.63, 3.8) is 0 Å². The topological polar surface area (TPSA) is 60.7 Å². The zero-order chi connectivity index (χ0) is 23.4. The molecule has 0 aliphatic carbocycles. The third kappa shape index (κ3) is 4.93. The Hall–Kier alpha value is -3.99. The van der Waals surface area contributed by atoms with E-state index in [4.69, 9.17) is 13.9 Å². The molecule has 33 heavy (non-hydrogen) atoms. The first kappa shape index (κ1) is 22.2. The van der Waals surface area contributed by atoms with E-state index in [0.717, 1.165) is 50.2 Å². The second kappa shape index (κ2) is 9.65. The fourth-order valence-corrected chi connectivity index (χ4v) is 3.72. The maximum absolute atomic E-state index is 12.7. The molecule has 5 heteroatoms. The van der Waals surface area contributed by atoms with E-state index in [1.165, 1.54) is 0 Å². The Bertz CT molecular complexity index is 1300. The Morgan fingerprint density at radius 2 is 1.79 bits per heavy atom. The van der Waals surface area contributed by atoms with Gasteiger partial charge >= 0.3 is 0 Å². The molecule has 0 saturated heterocycles. The van der Waals surface area contributed by atoms with Crippen molar-refractivity contribution in [1.82, 2.24) is 0 Å². The number of allylic oxidation sites excluding steroid dienone is 1. The van der Waals surface area contributed by atoms with Crippen molar-refractivity contribution in [3.05, 3.63) is 84.1 Å². The fourth-order valence-electron chi connectivity index (χ4n) is 3.72. The lowest BCUT2D eigenvalue weighted by Gasteiger charge is -2.12. The molecule has 0 aliphatic rings. The quantitative estimate of drug-likeness (QED) is 0.318. The number of ether oxygens (including phenoxy) is 2. The number of carbonyl (C=O) groups is 1. The number of amides is 1. The molecule has 168 valence electrons. The van der Waals surface area contributed by atoms with Crippen LogP contribution in [0, 0.1) is 6.92 Å². The number of nitrogens with one attached hydrogen (secondary N) is 1. The third-order valence-electron chi connectivity index (χ3n) is 5.47. The van der Waals surface area contributed by atoms with Gasteiger partial charge in [0.2, 0.25) is 5.91 Å². The van der Waals surface area contributed by atoms with Gasteiger partial charge in [-0.1, -0.05) is 29.8 Å². The highest BCUT2D eigenvalue weighted by Crippen LogP contribution is 2.38. The number of hydrogen-bond donors (Lipinski definition) is 1. The molecule has 3 aromatic carbocycles. The number of aryl methyl sites for hydroxylation is 1. The molecule has 0 spiro atoms. The minimum Gasteiger partial charge on any atom is -0.497 e. The summed E-state index contributed by atoms with van der Waals surface area (Å²) in [6, 6.07) is 19.5. The summed E-state index contributed by atoms with van der Waals surface area (Å²) in [5.41, 5.74) is 6.25. The minimum atomic E-state index is -0.193. The highest BCUT2D eigenvalue weighted by Gasteiger charge is 2.15. The Kier molecular flexibility index (Phi) is 6.50. The summed E-state index contributed by atoms with van der Waals surface area (Å²) in [6.07, 6.45) is 3.34. The minimum absolute atomic E-state index is 0.193. The van der Waals surface area contributed by atoms with Gasteiger partial charge in [0.15, 0.2) is 0 Å². The Labute approximate surface area is 193 Å². The molecule has 4 rings (SSSR count). The molecule has 0 aliphatic heterocycles. The van der Waals surface area contributed by atoms with Crippen LogP contribution in [0.25, 0.3) is 27.7 Å². The summed E-state index contributed by atoms with van der Waals surface area (Å²) >= 11 is 0. The van der Waals surface area contributed by atoms with E-state index < -0.39 is 0 Å². The van der Waals surface area contributed by atoms with E-state index in [1.54, 1.807) is 19.4 Å². The molecule has 0 radical (unpaired) electrons. The normalized spacial score (nSPS) is 11.5. The van der Waals surface area contributed by atoms with Crippen LogP contribution in [-0.2, 0) is 4.79 Å². The van der Waals surface area contributed by atoms with Gasteiger partial charge < -0.3 is 19.2 Å². The van der Waals surface area contributed by atoms with Crippen LogP contribution in [0.1, 0.15) is 25.0 Å². The second-order valence-corrected chi connectivity index (χ2v) is 7.84. The smallest absolute Gasteiger partial charge is 0.248 e. The molecule has 1 amide bonds. The van der Waals surface area contributed by atoms with Gasteiger partial charge in [-0.2, -0.15) is 0 Å². The molecule has 1 heterocycles. The van der Waals surface area contributed by atoms with Crippen molar-refractivity contribution >= 4 is 28.1 Å². The van der Waals surface area contributed by atoms with Crippen LogP contribution in [0.15, 0.2) is 77.4 Å². The summed E-state index contributed by atoms with van der Waals surface area (Å²) in [6.45, 7) is 6.36. The average Bonchev–Trinajstić information content (AvgIpc) is 3.23. The van der Waals surface area contributed by atoms with Crippen LogP contribution in [0.4, 0.5) is 5.69 Å². The highest BCUT2D eigenvalue weighted by atomic mass is 16.5. The number of rotatable bonds is 7. The lowest BCUT2D eigenvalue weighted by atomic mass is 9.99. The molecule has 0 bridgehead atoms. The zero-order valence-corrected chi connectivity index (χ0v) is 19.3. The van der Waals surface area contributed by atoms with E-state index >= 15 is 0 Å². The predicted octanol–water partition coefficient (Wildman–Crippen LogP) is 6.86. The van der Waals surface area contributed by atoms with E-state index in [-0.39, 0.29) is 5.91 Å². The zero-order valence-electron chi connectivity index (χ0n) is 19.3. The van der Waals surface area contributed by atoms with Gasteiger partial charge in [-0.15, -0.1) is 0 Å². The van der Waals surface area contributed by atoms with Gasteiger partial charge in [0.1, 0.15) is 17.1 Å². The summed E-state index contributed by atoms with van der Waals surface area (Å²) < 4.78 is 17.0. The SMILES string of the molecule is CCOc1cc2occ(-c3ccc(OC)cc3)c2cc1/C(C)=C/C(=O)Nc1ccc(C)cc1. The van der Waals surface area contributed by atoms with Crippen LogP contribution in [0.5, 0.6) is 11.5 Å². The number of benzene rings is 3. The Morgan fingerprint density at radius 1 is 1.06 bits per heavy atom. The molecule has 0 saturated carbocycles.